The normalized spacial score (nSPS) is 28.0. The summed E-state index contributed by atoms with van der Waals surface area (Å²) in [5.41, 5.74) is 7.23. The van der Waals surface area contributed by atoms with Crippen LogP contribution in [0.3, 0.4) is 0 Å². The zero-order valence-corrected chi connectivity index (χ0v) is 11.6. The first-order chi connectivity index (χ1) is 9.97. The van der Waals surface area contributed by atoms with Crippen LogP contribution in [0.15, 0.2) is 24.3 Å². The maximum absolute atomic E-state index is 12.7. The number of likely N-dealkylation sites (tertiary alicyclic amines) is 1. The minimum atomic E-state index is -4.08. The molecule has 1 aromatic rings. The molecule has 3 nitrogen and oxygen atoms in total. The van der Waals surface area contributed by atoms with Gasteiger partial charge in [0.25, 0.3) is 0 Å². The second-order valence-corrected chi connectivity index (χ2v) is 5.79. The Bertz CT molecular complexity index is 498. The van der Waals surface area contributed by atoms with Gasteiger partial charge < -0.3 is 10.5 Å². The summed E-state index contributed by atoms with van der Waals surface area (Å²) in [7, 11) is 0. The number of ether oxygens (including phenoxy) is 1. The van der Waals surface area contributed by atoms with Gasteiger partial charge in [0.1, 0.15) is 12.4 Å². The quantitative estimate of drug-likeness (QED) is 0.866. The minimum Gasteiger partial charge on any atom is -0.492 e. The van der Waals surface area contributed by atoms with Gasteiger partial charge >= 0.3 is 6.18 Å². The van der Waals surface area contributed by atoms with Gasteiger partial charge in [0.05, 0.1) is 18.0 Å². The van der Waals surface area contributed by atoms with Crippen molar-refractivity contribution in [3.8, 4) is 5.75 Å². The Morgan fingerprint density at radius 3 is 2.48 bits per heavy atom. The van der Waals surface area contributed by atoms with E-state index in [4.69, 9.17) is 10.5 Å². The molecule has 2 aliphatic rings. The second-order valence-electron chi connectivity index (χ2n) is 5.79. The van der Waals surface area contributed by atoms with Crippen LogP contribution in [0.5, 0.6) is 5.75 Å². The van der Waals surface area contributed by atoms with Crippen LogP contribution in [0.2, 0.25) is 0 Å². The Morgan fingerprint density at radius 2 is 1.81 bits per heavy atom. The predicted molar refractivity (Wildman–Crippen MR) is 73.0 cm³/mol. The van der Waals surface area contributed by atoms with Crippen LogP contribution in [0.4, 0.5) is 13.2 Å². The third-order valence-electron chi connectivity index (χ3n) is 4.56. The lowest BCUT2D eigenvalue weighted by atomic mass is 9.91. The topological polar surface area (TPSA) is 38.5 Å². The van der Waals surface area contributed by atoms with E-state index in [0.29, 0.717) is 19.7 Å². The molecule has 0 spiro atoms. The number of piperidine rings is 1. The van der Waals surface area contributed by atoms with E-state index < -0.39 is 12.1 Å². The molecule has 1 saturated heterocycles. The highest BCUT2D eigenvalue weighted by Crippen LogP contribution is 2.37. The van der Waals surface area contributed by atoms with Gasteiger partial charge in [0.15, 0.2) is 0 Å². The lowest BCUT2D eigenvalue weighted by Crippen LogP contribution is -2.52. The molecule has 2 aliphatic heterocycles. The van der Waals surface area contributed by atoms with E-state index in [1.54, 1.807) is 0 Å². The minimum absolute atomic E-state index is 0.0471. The van der Waals surface area contributed by atoms with Gasteiger partial charge in [-0.25, -0.2) is 0 Å². The molecule has 0 saturated carbocycles. The molecule has 0 aromatic heterocycles. The molecular weight excluding hydrogens is 281 g/mol. The van der Waals surface area contributed by atoms with Crippen LogP contribution >= 0.6 is 0 Å². The fourth-order valence-corrected chi connectivity index (χ4v) is 3.26. The maximum atomic E-state index is 12.7. The Labute approximate surface area is 121 Å². The molecule has 0 amide bonds. The molecule has 1 fully saturated rings. The number of nitrogens with zero attached hydrogens (tertiary/aromatic N) is 1. The smallest absolute Gasteiger partial charge is 0.391 e. The van der Waals surface area contributed by atoms with Crippen LogP contribution in [-0.4, -0.2) is 36.8 Å². The Morgan fingerprint density at radius 1 is 1.14 bits per heavy atom. The fraction of sp³-hybridized carbons (Fsp3) is 0.600. The molecule has 0 radical (unpaired) electrons. The molecule has 6 heteroatoms. The van der Waals surface area contributed by atoms with E-state index in [1.165, 1.54) is 0 Å². The van der Waals surface area contributed by atoms with Crippen molar-refractivity contribution in [2.75, 3.05) is 19.7 Å². The molecule has 116 valence electrons. The van der Waals surface area contributed by atoms with Gasteiger partial charge in [-0.2, -0.15) is 13.2 Å². The number of nitrogens with two attached hydrogens (primary N) is 1. The third-order valence-corrected chi connectivity index (χ3v) is 4.56. The lowest BCUT2D eigenvalue weighted by Gasteiger charge is -2.42. The van der Waals surface area contributed by atoms with Gasteiger partial charge in [-0.1, -0.05) is 18.2 Å². The first-order valence-corrected chi connectivity index (χ1v) is 7.25. The Hall–Kier alpha value is -1.27. The van der Waals surface area contributed by atoms with E-state index >= 15 is 0 Å². The van der Waals surface area contributed by atoms with Gasteiger partial charge in [0.2, 0.25) is 0 Å². The molecular formula is C15H19F3N2O. The van der Waals surface area contributed by atoms with Crippen molar-refractivity contribution in [2.45, 2.75) is 31.1 Å². The van der Waals surface area contributed by atoms with Crippen molar-refractivity contribution in [2.24, 2.45) is 11.7 Å². The molecule has 3 rings (SSSR count). The maximum Gasteiger partial charge on any atom is 0.391 e. The average molecular weight is 300 g/mol. The van der Waals surface area contributed by atoms with Crippen LogP contribution in [-0.2, 0) is 0 Å². The highest BCUT2D eigenvalue weighted by molar-refractivity contribution is 5.38. The van der Waals surface area contributed by atoms with Crippen molar-refractivity contribution in [3.63, 3.8) is 0 Å². The molecule has 2 atom stereocenters. The highest BCUT2D eigenvalue weighted by atomic mass is 19.4. The van der Waals surface area contributed by atoms with Crippen molar-refractivity contribution in [3.05, 3.63) is 29.8 Å². The number of alkyl halides is 3. The van der Waals surface area contributed by atoms with Crippen LogP contribution in [0.25, 0.3) is 0 Å². The predicted octanol–water partition coefficient (Wildman–Crippen LogP) is 2.72. The zero-order valence-electron chi connectivity index (χ0n) is 11.6. The summed E-state index contributed by atoms with van der Waals surface area (Å²) in [6.45, 7) is 1.29. The summed E-state index contributed by atoms with van der Waals surface area (Å²) in [6.07, 6.45) is -3.79. The SMILES string of the molecule is NC1c2ccccc2OCC1N1CCC(C(F)(F)F)CC1. The first-order valence-electron chi connectivity index (χ1n) is 7.25. The van der Waals surface area contributed by atoms with E-state index in [-0.39, 0.29) is 24.9 Å². The van der Waals surface area contributed by atoms with E-state index in [0.717, 1.165) is 11.3 Å². The number of hydrogen-bond acceptors (Lipinski definition) is 3. The van der Waals surface area contributed by atoms with Crippen molar-refractivity contribution in [1.29, 1.82) is 0 Å². The summed E-state index contributed by atoms with van der Waals surface area (Å²) in [5.74, 6) is -0.395. The molecule has 21 heavy (non-hydrogen) atoms. The second kappa shape index (κ2) is 5.50. The van der Waals surface area contributed by atoms with Crippen LogP contribution in [0.1, 0.15) is 24.4 Å². The molecule has 0 bridgehead atoms. The molecule has 2 N–H and O–H groups in total. The van der Waals surface area contributed by atoms with Crippen LogP contribution < -0.4 is 10.5 Å². The highest BCUT2D eigenvalue weighted by Gasteiger charge is 2.43. The molecule has 2 heterocycles. The summed E-state index contributed by atoms with van der Waals surface area (Å²) in [4.78, 5) is 2.04. The average Bonchev–Trinajstić information content (AvgIpc) is 2.47. The molecule has 1 aromatic carbocycles. The molecule has 2 unspecified atom stereocenters. The summed E-state index contributed by atoms with van der Waals surface area (Å²) in [5, 5.41) is 0. The lowest BCUT2D eigenvalue weighted by molar-refractivity contribution is -0.186. The largest absolute Gasteiger partial charge is 0.492 e. The third kappa shape index (κ3) is 2.87. The fourth-order valence-electron chi connectivity index (χ4n) is 3.26. The van der Waals surface area contributed by atoms with Gasteiger partial charge in [-0.15, -0.1) is 0 Å². The van der Waals surface area contributed by atoms with Gasteiger partial charge in [-0.3, -0.25) is 4.90 Å². The first kappa shape index (κ1) is 14.7. The molecule has 0 aliphatic carbocycles. The number of rotatable bonds is 1. The van der Waals surface area contributed by atoms with E-state index in [9.17, 15) is 13.2 Å². The number of hydrogen-bond donors (Lipinski definition) is 1. The van der Waals surface area contributed by atoms with E-state index in [2.05, 4.69) is 0 Å². The van der Waals surface area contributed by atoms with E-state index in [1.807, 2.05) is 29.2 Å². The number of halogens is 3. The number of para-hydroxylation sites is 1. The Balaban J connectivity index is 1.67. The summed E-state index contributed by atoms with van der Waals surface area (Å²) >= 11 is 0. The van der Waals surface area contributed by atoms with Crippen molar-refractivity contribution >= 4 is 0 Å². The monoisotopic (exact) mass is 300 g/mol. The standard InChI is InChI=1S/C15H19F3N2O/c16-15(17,18)10-5-7-20(8-6-10)12-9-21-13-4-2-1-3-11(13)14(12)19/h1-4,10,12,14H,5-9,19H2. The summed E-state index contributed by atoms with van der Waals surface area (Å²) < 4.78 is 43.9. The van der Waals surface area contributed by atoms with Gasteiger partial charge in [0, 0.05) is 5.56 Å². The Kier molecular flexibility index (Phi) is 3.84. The van der Waals surface area contributed by atoms with Crippen molar-refractivity contribution < 1.29 is 17.9 Å². The number of fused-ring (bicyclic) bond motifs is 1. The number of benzene rings is 1. The van der Waals surface area contributed by atoms with Crippen molar-refractivity contribution in [1.82, 2.24) is 4.90 Å². The summed E-state index contributed by atoms with van der Waals surface area (Å²) in [6, 6.07) is 7.34. The zero-order chi connectivity index (χ0) is 15.0. The van der Waals surface area contributed by atoms with Gasteiger partial charge in [-0.05, 0) is 32.0 Å². The van der Waals surface area contributed by atoms with Crippen LogP contribution in [0, 0.1) is 5.92 Å².